The number of thiophene rings is 1. The zero-order valence-corrected chi connectivity index (χ0v) is 13.9. The first-order valence-electron chi connectivity index (χ1n) is 6.78. The number of hydrogen-bond donors (Lipinski definition) is 1. The molecule has 126 valence electrons. The number of rotatable bonds is 3. The van der Waals surface area contributed by atoms with Gasteiger partial charge in [-0.3, -0.25) is 29.9 Å². The van der Waals surface area contributed by atoms with Crippen molar-refractivity contribution in [2.45, 2.75) is 0 Å². The molecule has 10 heteroatoms. The van der Waals surface area contributed by atoms with Gasteiger partial charge in [0.05, 0.1) is 10.6 Å². The third-order valence-corrected chi connectivity index (χ3v) is 4.53. The topological polar surface area (TPSA) is 92.6 Å². The first-order chi connectivity index (χ1) is 11.9. The number of anilines is 1. The van der Waals surface area contributed by atoms with Crippen LogP contribution in [0.3, 0.4) is 0 Å². The van der Waals surface area contributed by atoms with E-state index < -0.39 is 22.6 Å². The summed E-state index contributed by atoms with van der Waals surface area (Å²) in [5.41, 5.74) is 0.0640. The molecule has 0 saturated carbocycles. The van der Waals surface area contributed by atoms with E-state index in [9.17, 15) is 24.1 Å². The quantitative estimate of drug-likeness (QED) is 0.292. The molecule has 1 fully saturated rings. The third-order valence-electron chi connectivity index (χ3n) is 3.27. The molecule has 0 bridgehead atoms. The SMILES string of the molecule is O=C1NC(=S)N(c2ccc(F)cc2)C(=O)C1=Cc1ccc([N+](=O)[O-])s1. The molecule has 0 aliphatic carbocycles. The Morgan fingerprint density at radius 3 is 2.48 bits per heavy atom. The minimum Gasteiger partial charge on any atom is -0.298 e. The molecule has 0 radical (unpaired) electrons. The summed E-state index contributed by atoms with van der Waals surface area (Å²) in [6.45, 7) is 0. The molecule has 7 nitrogen and oxygen atoms in total. The minimum absolute atomic E-state index is 0.110. The highest BCUT2D eigenvalue weighted by atomic mass is 32.1. The van der Waals surface area contributed by atoms with Crippen LogP contribution in [-0.4, -0.2) is 21.9 Å². The van der Waals surface area contributed by atoms with E-state index in [1.54, 1.807) is 0 Å². The highest BCUT2D eigenvalue weighted by Gasteiger charge is 2.34. The van der Waals surface area contributed by atoms with Crippen molar-refractivity contribution in [3.05, 3.63) is 62.8 Å². The van der Waals surface area contributed by atoms with Gasteiger partial charge in [-0.05, 0) is 48.6 Å². The maximum atomic E-state index is 13.1. The van der Waals surface area contributed by atoms with Gasteiger partial charge in [0, 0.05) is 10.9 Å². The minimum atomic E-state index is -0.704. The number of halogens is 1. The van der Waals surface area contributed by atoms with Crippen LogP contribution in [-0.2, 0) is 9.59 Å². The van der Waals surface area contributed by atoms with Gasteiger partial charge in [0.25, 0.3) is 11.8 Å². The van der Waals surface area contributed by atoms with Crippen molar-refractivity contribution in [1.82, 2.24) is 5.32 Å². The van der Waals surface area contributed by atoms with Crippen LogP contribution in [0.25, 0.3) is 6.08 Å². The van der Waals surface area contributed by atoms with Crippen molar-refractivity contribution in [3.8, 4) is 0 Å². The Morgan fingerprint density at radius 1 is 1.20 bits per heavy atom. The van der Waals surface area contributed by atoms with Crippen LogP contribution in [0.2, 0.25) is 0 Å². The smallest absolute Gasteiger partial charge is 0.298 e. The van der Waals surface area contributed by atoms with Crippen LogP contribution >= 0.6 is 23.6 Å². The monoisotopic (exact) mass is 377 g/mol. The van der Waals surface area contributed by atoms with E-state index in [2.05, 4.69) is 5.32 Å². The lowest BCUT2D eigenvalue weighted by molar-refractivity contribution is -0.380. The summed E-state index contributed by atoms with van der Waals surface area (Å²) < 4.78 is 13.1. The summed E-state index contributed by atoms with van der Waals surface area (Å²) in [6, 6.07) is 7.74. The van der Waals surface area contributed by atoms with Crippen molar-refractivity contribution in [2.75, 3.05) is 4.90 Å². The van der Waals surface area contributed by atoms with Gasteiger partial charge in [-0.2, -0.15) is 0 Å². The zero-order chi connectivity index (χ0) is 18.1. The average Bonchev–Trinajstić information content (AvgIpc) is 3.02. The van der Waals surface area contributed by atoms with Gasteiger partial charge in [0.1, 0.15) is 11.4 Å². The van der Waals surface area contributed by atoms with Crippen molar-refractivity contribution in [2.24, 2.45) is 0 Å². The van der Waals surface area contributed by atoms with Crippen LogP contribution in [0.15, 0.2) is 42.0 Å². The Morgan fingerprint density at radius 2 is 1.88 bits per heavy atom. The predicted molar refractivity (Wildman–Crippen MR) is 93.6 cm³/mol. The Bertz CT molecular complexity index is 937. The number of hydrogen-bond acceptors (Lipinski definition) is 6. The molecule has 25 heavy (non-hydrogen) atoms. The van der Waals surface area contributed by atoms with Crippen LogP contribution in [0, 0.1) is 15.9 Å². The van der Waals surface area contributed by atoms with Gasteiger partial charge in [0.15, 0.2) is 5.11 Å². The van der Waals surface area contributed by atoms with Gasteiger partial charge in [-0.1, -0.05) is 11.3 Å². The molecule has 0 spiro atoms. The molecular formula is C15H8FN3O4S2. The van der Waals surface area contributed by atoms with Gasteiger partial charge < -0.3 is 0 Å². The van der Waals surface area contributed by atoms with Crippen molar-refractivity contribution >= 4 is 57.2 Å². The van der Waals surface area contributed by atoms with E-state index >= 15 is 0 Å². The van der Waals surface area contributed by atoms with E-state index in [4.69, 9.17) is 12.2 Å². The van der Waals surface area contributed by atoms with Gasteiger partial charge in [-0.25, -0.2) is 4.39 Å². The van der Waals surface area contributed by atoms with Crippen molar-refractivity contribution in [3.63, 3.8) is 0 Å². The second-order valence-electron chi connectivity index (χ2n) is 4.87. The van der Waals surface area contributed by atoms with E-state index in [0.717, 1.165) is 28.4 Å². The molecule has 1 saturated heterocycles. The van der Waals surface area contributed by atoms with Crippen LogP contribution in [0.1, 0.15) is 4.88 Å². The second-order valence-corrected chi connectivity index (χ2v) is 6.35. The lowest BCUT2D eigenvalue weighted by Gasteiger charge is -2.28. The first kappa shape index (κ1) is 16.9. The largest absolute Gasteiger partial charge is 0.324 e. The fourth-order valence-electron chi connectivity index (χ4n) is 2.14. The number of amides is 2. The van der Waals surface area contributed by atoms with Crippen molar-refractivity contribution in [1.29, 1.82) is 0 Å². The van der Waals surface area contributed by atoms with E-state index in [1.165, 1.54) is 30.3 Å². The fourth-order valence-corrected chi connectivity index (χ4v) is 3.19. The number of thiocarbonyl (C=S) groups is 1. The molecule has 2 heterocycles. The molecule has 2 aromatic rings. The van der Waals surface area contributed by atoms with E-state index in [1.807, 2.05) is 0 Å². The molecule has 2 amide bonds. The maximum Gasteiger partial charge on any atom is 0.324 e. The summed E-state index contributed by atoms with van der Waals surface area (Å²) in [4.78, 5) is 36.4. The van der Waals surface area contributed by atoms with Gasteiger partial charge >= 0.3 is 5.00 Å². The highest BCUT2D eigenvalue weighted by molar-refractivity contribution is 7.80. The van der Waals surface area contributed by atoms with E-state index in [-0.39, 0.29) is 15.7 Å². The van der Waals surface area contributed by atoms with Gasteiger partial charge in [0.2, 0.25) is 0 Å². The molecule has 1 aliphatic rings. The highest BCUT2D eigenvalue weighted by Crippen LogP contribution is 2.28. The lowest BCUT2D eigenvalue weighted by atomic mass is 10.1. The summed E-state index contributed by atoms with van der Waals surface area (Å²) in [6.07, 6.45) is 1.26. The number of carbonyl (C=O) groups is 2. The number of nitrogens with zero attached hydrogens (tertiary/aromatic N) is 2. The lowest BCUT2D eigenvalue weighted by Crippen LogP contribution is -2.54. The van der Waals surface area contributed by atoms with Gasteiger partial charge in [-0.15, -0.1) is 0 Å². The molecule has 1 aromatic heterocycles. The molecule has 1 aliphatic heterocycles. The maximum absolute atomic E-state index is 13.1. The summed E-state index contributed by atoms with van der Waals surface area (Å²) in [5.74, 6) is -1.88. The van der Waals surface area contributed by atoms with Crippen LogP contribution in [0.5, 0.6) is 0 Å². The average molecular weight is 377 g/mol. The molecule has 0 unspecified atom stereocenters. The molecule has 3 rings (SSSR count). The standard InChI is InChI=1S/C15H8FN3O4S2/c16-8-1-3-9(4-2-8)18-14(21)11(13(20)17-15(18)24)7-10-5-6-12(25-10)19(22)23/h1-7H,(H,17,20,24). The summed E-state index contributed by atoms with van der Waals surface area (Å²) in [5, 5.41) is 12.9. The Kier molecular flexibility index (Phi) is 4.38. The number of nitrogens with one attached hydrogen (secondary N) is 1. The normalized spacial score (nSPS) is 16.3. The number of benzene rings is 1. The molecule has 0 atom stereocenters. The Labute approximate surface area is 149 Å². The summed E-state index contributed by atoms with van der Waals surface area (Å²) in [7, 11) is 0. The second kappa shape index (κ2) is 6.49. The Hall–Kier alpha value is -2.98. The van der Waals surface area contributed by atoms with Crippen LogP contribution < -0.4 is 10.2 Å². The van der Waals surface area contributed by atoms with Crippen LogP contribution in [0.4, 0.5) is 15.1 Å². The molecule has 1 aromatic carbocycles. The number of carbonyl (C=O) groups excluding carboxylic acids is 2. The molecular weight excluding hydrogens is 369 g/mol. The van der Waals surface area contributed by atoms with Crippen molar-refractivity contribution < 1.29 is 18.9 Å². The van der Waals surface area contributed by atoms with E-state index in [0.29, 0.717) is 10.6 Å². The third kappa shape index (κ3) is 3.30. The number of nitro groups is 1. The fraction of sp³-hybridized carbons (Fsp3) is 0. The summed E-state index contributed by atoms with van der Waals surface area (Å²) >= 11 is 5.85. The Balaban J connectivity index is 1.98. The zero-order valence-electron chi connectivity index (χ0n) is 12.3. The first-order valence-corrected chi connectivity index (χ1v) is 8.00. The molecule has 1 N–H and O–H groups in total. The predicted octanol–water partition coefficient (Wildman–Crippen LogP) is 2.63.